The fourth-order valence-electron chi connectivity index (χ4n) is 2.69. The molecular weight excluding hydrogens is 510 g/mol. The second-order valence-corrected chi connectivity index (χ2v) is 9.64. The van der Waals surface area contributed by atoms with Crippen LogP contribution in [0.4, 0.5) is 0 Å². The van der Waals surface area contributed by atoms with Crippen molar-refractivity contribution in [2.75, 3.05) is 5.75 Å². The largest absolute Gasteiger partial charge is 0.422 e. The topological polar surface area (TPSA) is 80.7 Å². The summed E-state index contributed by atoms with van der Waals surface area (Å²) in [6.45, 7) is 0. The Balaban J connectivity index is 1.36. The van der Waals surface area contributed by atoms with Gasteiger partial charge in [-0.05, 0) is 42.5 Å². The molecule has 32 heavy (non-hydrogen) atoms. The number of rotatable bonds is 7. The monoisotopic (exact) mass is 525 g/mol. The van der Waals surface area contributed by atoms with E-state index in [9.17, 15) is 9.59 Å². The number of esters is 1. The lowest BCUT2D eigenvalue weighted by molar-refractivity contribution is -0.118. The van der Waals surface area contributed by atoms with Crippen LogP contribution in [0.3, 0.4) is 0 Å². The molecular formula is C23H16BrN3O3S2. The van der Waals surface area contributed by atoms with Crippen LogP contribution in [0.25, 0.3) is 10.2 Å². The minimum Gasteiger partial charge on any atom is -0.422 e. The number of carbonyl (C=O) groups is 2. The lowest BCUT2D eigenvalue weighted by Gasteiger charge is -2.08. The van der Waals surface area contributed by atoms with Gasteiger partial charge < -0.3 is 4.74 Å². The highest BCUT2D eigenvalue weighted by atomic mass is 79.9. The molecule has 0 radical (unpaired) electrons. The number of benzene rings is 3. The molecule has 0 unspecified atom stereocenters. The van der Waals surface area contributed by atoms with Crippen molar-refractivity contribution in [2.24, 2.45) is 5.10 Å². The van der Waals surface area contributed by atoms with Crippen LogP contribution in [-0.2, 0) is 4.79 Å². The van der Waals surface area contributed by atoms with Gasteiger partial charge in [0.2, 0.25) is 0 Å². The van der Waals surface area contributed by atoms with Crippen LogP contribution in [0.2, 0.25) is 0 Å². The van der Waals surface area contributed by atoms with E-state index in [1.54, 1.807) is 53.8 Å². The average Bonchev–Trinajstić information content (AvgIpc) is 3.23. The van der Waals surface area contributed by atoms with E-state index < -0.39 is 5.97 Å². The number of hydrogen-bond acceptors (Lipinski definition) is 7. The summed E-state index contributed by atoms with van der Waals surface area (Å²) in [4.78, 5) is 29.0. The summed E-state index contributed by atoms with van der Waals surface area (Å²) in [5.74, 6) is -0.211. The van der Waals surface area contributed by atoms with Crippen LogP contribution in [0.1, 0.15) is 15.9 Å². The van der Waals surface area contributed by atoms with Gasteiger partial charge in [-0.3, -0.25) is 4.79 Å². The number of thioether (sulfide) groups is 1. The van der Waals surface area contributed by atoms with Crippen molar-refractivity contribution in [3.63, 3.8) is 0 Å². The minimum absolute atomic E-state index is 0.186. The SMILES string of the molecule is O=C(CSc1nc2ccccc2s1)N/N=C\c1cc(Br)ccc1OC(=O)c1ccccc1. The first kappa shape index (κ1) is 22.2. The van der Waals surface area contributed by atoms with Crippen molar-refractivity contribution in [1.29, 1.82) is 0 Å². The quantitative estimate of drug-likeness (QED) is 0.113. The predicted octanol–water partition coefficient (Wildman–Crippen LogP) is 5.52. The second kappa shape index (κ2) is 10.5. The molecule has 1 heterocycles. The molecule has 0 atom stereocenters. The number of nitrogens with zero attached hydrogens (tertiary/aromatic N) is 2. The average molecular weight is 526 g/mol. The maximum Gasteiger partial charge on any atom is 0.343 e. The first-order valence-electron chi connectivity index (χ1n) is 9.45. The fourth-order valence-corrected chi connectivity index (χ4v) is 4.93. The number of para-hydroxylation sites is 1. The van der Waals surface area contributed by atoms with Crippen LogP contribution in [0.5, 0.6) is 5.75 Å². The number of fused-ring (bicyclic) bond motifs is 1. The van der Waals surface area contributed by atoms with E-state index in [0.29, 0.717) is 16.9 Å². The third-order valence-electron chi connectivity index (χ3n) is 4.18. The van der Waals surface area contributed by atoms with Crippen LogP contribution in [0.15, 0.2) is 86.7 Å². The Morgan fingerprint density at radius 3 is 2.69 bits per heavy atom. The summed E-state index contributed by atoms with van der Waals surface area (Å²) in [5, 5.41) is 4.01. The maximum absolute atomic E-state index is 12.4. The van der Waals surface area contributed by atoms with Gasteiger partial charge in [0, 0.05) is 10.0 Å². The number of carbonyl (C=O) groups excluding carboxylic acids is 2. The van der Waals surface area contributed by atoms with Gasteiger partial charge in [0.1, 0.15) is 5.75 Å². The highest BCUT2D eigenvalue weighted by molar-refractivity contribution is 9.10. The molecule has 0 aliphatic carbocycles. The molecule has 0 spiro atoms. The molecule has 3 aromatic carbocycles. The maximum atomic E-state index is 12.4. The number of thiazole rings is 1. The van der Waals surface area contributed by atoms with E-state index >= 15 is 0 Å². The molecule has 6 nitrogen and oxygen atoms in total. The molecule has 160 valence electrons. The molecule has 4 rings (SSSR count). The van der Waals surface area contributed by atoms with Crippen molar-refractivity contribution in [3.05, 3.63) is 88.4 Å². The summed E-state index contributed by atoms with van der Waals surface area (Å²) in [7, 11) is 0. The smallest absolute Gasteiger partial charge is 0.343 e. The lowest BCUT2D eigenvalue weighted by Crippen LogP contribution is -2.19. The Labute approximate surface area is 200 Å². The normalized spacial score (nSPS) is 11.0. The zero-order valence-electron chi connectivity index (χ0n) is 16.5. The Hall–Kier alpha value is -3.01. The summed E-state index contributed by atoms with van der Waals surface area (Å²) in [5.41, 5.74) is 4.41. The summed E-state index contributed by atoms with van der Waals surface area (Å²) >= 11 is 6.30. The van der Waals surface area contributed by atoms with E-state index in [0.717, 1.165) is 19.0 Å². The van der Waals surface area contributed by atoms with Gasteiger partial charge >= 0.3 is 5.97 Å². The number of nitrogens with one attached hydrogen (secondary N) is 1. The molecule has 1 amide bonds. The van der Waals surface area contributed by atoms with Gasteiger partial charge in [-0.1, -0.05) is 58.0 Å². The van der Waals surface area contributed by atoms with E-state index in [2.05, 4.69) is 31.4 Å². The van der Waals surface area contributed by atoms with E-state index in [-0.39, 0.29) is 11.7 Å². The van der Waals surface area contributed by atoms with Crippen LogP contribution >= 0.6 is 39.0 Å². The minimum atomic E-state index is -0.473. The van der Waals surface area contributed by atoms with Crippen molar-refractivity contribution in [3.8, 4) is 5.75 Å². The number of aromatic nitrogens is 1. The zero-order chi connectivity index (χ0) is 22.3. The van der Waals surface area contributed by atoms with Crippen molar-refractivity contribution in [2.45, 2.75) is 4.34 Å². The predicted molar refractivity (Wildman–Crippen MR) is 132 cm³/mol. The molecule has 0 saturated carbocycles. The zero-order valence-corrected chi connectivity index (χ0v) is 19.7. The molecule has 4 aromatic rings. The molecule has 9 heteroatoms. The number of halogens is 1. The number of amides is 1. The van der Waals surface area contributed by atoms with E-state index in [4.69, 9.17) is 4.74 Å². The van der Waals surface area contributed by atoms with E-state index in [1.807, 2.05) is 30.3 Å². The molecule has 0 saturated heterocycles. The molecule has 0 fully saturated rings. The standard InChI is InChI=1S/C23H16BrN3O3S2/c24-17-10-11-19(30-22(29)15-6-2-1-3-7-15)16(12-17)13-25-27-21(28)14-31-23-26-18-8-4-5-9-20(18)32-23/h1-13H,14H2,(H,27,28)/b25-13-. The Kier molecular flexibility index (Phi) is 7.31. The van der Waals surface area contributed by atoms with Gasteiger partial charge in [0.05, 0.1) is 27.7 Å². The van der Waals surface area contributed by atoms with Crippen LogP contribution in [-0.4, -0.2) is 28.8 Å². The van der Waals surface area contributed by atoms with Gasteiger partial charge in [0.15, 0.2) is 4.34 Å². The van der Waals surface area contributed by atoms with Crippen molar-refractivity contribution >= 4 is 67.3 Å². The van der Waals surface area contributed by atoms with Crippen molar-refractivity contribution in [1.82, 2.24) is 10.4 Å². The summed E-state index contributed by atoms with van der Waals surface area (Å²) in [6, 6.07) is 21.7. The van der Waals surface area contributed by atoms with Gasteiger partial charge in [-0.15, -0.1) is 11.3 Å². The third-order valence-corrected chi connectivity index (χ3v) is 6.85. The van der Waals surface area contributed by atoms with Crippen molar-refractivity contribution < 1.29 is 14.3 Å². The third kappa shape index (κ3) is 5.82. The molecule has 1 N–H and O–H groups in total. The summed E-state index contributed by atoms with van der Waals surface area (Å²) in [6.07, 6.45) is 1.44. The molecule has 1 aromatic heterocycles. The molecule has 0 aliphatic heterocycles. The Morgan fingerprint density at radius 1 is 1.09 bits per heavy atom. The van der Waals surface area contributed by atoms with Gasteiger partial charge in [-0.2, -0.15) is 5.10 Å². The summed E-state index contributed by atoms with van der Waals surface area (Å²) < 4.78 is 8.20. The fraction of sp³-hybridized carbons (Fsp3) is 0.0435. The molecule has 0 bridgehead atoms. The van der Waals surface area contributed by atoms with E-state index in [1.165, 1.54) is 18.0 Å². The van der Waals surface area contributed by atoms with Gasteiger partial charge in [-0.25, -0.2) is 15.2 Å². The number of hydrogen-bond donors (Lipinski definition) is 1. The Bertz CT molecular complexity index is 1260. The first-order valence-corrected chi connectivity index (χ1v) is 12.0. The number of hydrazone groups is 1. The second-order valence-electron chi connectivity index (χ2n) is 6.47. The first-order chi connectivity index (χ1) is 15.6. The highest BCUT2D eigenvalue weighted by Gasteiger charge is 2.11. The molecule has 0 aliphatic rings. The lowest BCUT2D eigenvalue weighted by atomic mass is 10.2. The number of ether oxygens (including phenoxy) is 1. The van der Waals surface area contributed by atoms with Crippen LogP contribution < -0.4 is 10.2 Å². The van der Waals surface area contributed by atoms with Crippen LogP contribution in [0, 0.1) is 0 Å². The van der Waals surface area contributed by atoms with Gasteiger partial charge in [0.25, 0.3) is 5.91 Å². The Morgan fingerprint density at radius 2 is 1.88 bits per heavy atom. The highest BCUT2D eigenvalue weighted by Crippen LogP contribution is 2.29.